The second-order valence-electron chi connectivity index (χ2n) is 3.41. The van der Waals surface area contributed by atoms with E-state index in [9.17, 15) is 4.79 Å². The zero-order valence-electron chi connectivity index (χ0n) is 9.58. The van der Waals surface area contributed by atoms with Gasteiger partial charge >= 0.3 is 5.97 Å². The number of nitrogens with zero attached hydrogens (tertiary/aromatic N) is 2. The van der Waals surface area contributed by atoms with Crippen LogP contribution in [0.1, 0.15) is 16.1 Å². The predicted molar refractivity (Wildman–Crippen MR) is 67.2 cm³/mol. The van der Waals surface area contributed by atoms with Crippen molar-refractivity contribution in [2.24, 2.45) is 0 Å². The number of nitrogens with one attached hydrogen (secondary N) is 1. The first-order chi connectivity index (χ1) is 8.69. The first kappa shape index (κ1) is 12.3. The van der Waals surface area contributed by atoms with Crippen molar-refractivity contribution < 1.29 is 14.6 Å². The minimum atomic E-state index is -1.02. The molecule has 0 fully saturated rings. The molecule has 0 spiro atoms. The third-order valence-corrected chi connectivity index (χ3v) is 2.97. The minimum absolute atomic E-state index is 0.0513. The smallest absolute Gasteiger partial charge is 0.355 e. The molecule has 0 bridgehead atoms. The van der Waals surface area contributed by atoms with Crippen LogP contribution < -0.4 is 10.1 Å². The Morgan fingerprint density at radius 3 is 2.94 bits per heavy atom. The van der Waals surface area contributed by atoms with E-state index in [0.29, 0.717) is 17.6 Å². The number of anilines is 1. The van der Waals surface area contributed by atoms with Crippen LogP contribution in [0.3, 0.4) is 0 Å². The van der Waals surface area contributed by atoms with E-state index in [1.807, 2.05) is 6.07 Å². The van der Waals surface area contributed by atoms with Crippen LogP contribution in [0, 0.1) is 0 Å². The van der Waals surface area contributed by atoms with Crippen LogP contribution >= 0.6 is 11.3 Å². The summed E-state index contributed by atoms with van der Waals surface area (Å²) in [6, 6.07) is 3.64. The topological polar surface area (TPSA) is 84.3 Å². The van der Waals surface area contributed by atoms with Crippen molar-refractivity contribution in [3.05, 3.63) is 35.0 Å². The number of methoxy groups -OCH3 is 1. The molecule has 0 saturated carbocycles. The predicted octanol–water partition coefficient (Wildman–Crippen LogP) is 1.86. The fraction of sp³-hybridized carbons (Fsp3) is 0.182. The van der Waals surface area contributed by atoms with Gasteiger partial charge in [0, 0.05) is 24.2 Å². The highest BCUT2D eigenvalue weighted by atomic mass is 32.1. The highest BCUT2D eigenvalue weighted by Crippen LogP contribution is 2.16. The number of rotatable bonds is 5. The fourth-order valence-corrected chi connectivity index (χ4v) is 1.95. The fourth-order valence-electron chi connectivity index (χ4n) is 1.27. The number of thiazole rings is 1. The summed E-state index contributed by atoms with van der Waals surface area (Å²) >= 11 is 1.26. The average Bonchev–Trinajstić information content (AvgIpc) is 2.86. The number of carbonyl (C=O) groups is 1. The Morgan fingerprint density at radius 1 is 1.56 bits per heavy atom. The van der Waals surface area contributed by atoms with Crippen molar-refractivity contribution in [1.29, 1.82) is 0 Å². The molecule has 0 amide bonds. The van der Waals surface area contributed by atoms with E-state index < -0.39 is 5.97 Å². The molecular weight excluding hydrogens is 254 g/mol. The number of carboxylic acid groups (broad SMARTS) is 1. The molecule has 2 heterocycles. The molecule has 0 radical (unpaired) electrons. The molecule has 2 N–H and O–H groups in total. The summed E-state index contributed by atoms with van der Waals surface area (Å²) in [7, 11) is 1.56. The van der Waals surface area contributed by atoms with E-state index in [4.69, 9.17) is 9.84 Å². The maximum Gasteiger partial charge on any atom is 0.355 e. The van der Waals surface area contributed by atoms with Crippen LogP contribution in [-0.2, 0) is 6.54 Å². The molecule has 18 heavy (non-hydrogen) atoms. The minimum Gasteiger partial charge on any atom is -0.481 e. The van der Waals surface area contributed by atoms with Gasteiger partial charge in [0.2, 0.25) is 5.88 Å². The van der Waals surface area contributed by atoms with Crippen LogP contribution in [-0.4, -0.2) is 28.2 Å². The van der Waals surface area contributed by atoms with Gasteiger partial charge in [0.25, 0.3) is 0 Å². The van der Waals surface area contributed by atoms with Crippen LogP contribution in [0.25, 0.3) is 0 Å². The van der Waals surface area contributed by atoms with Crippen molar-refractivity contribution in [3.8, 4) is 5.88 Å². The summed E-state index contributed by atoms with van der Waals surface area (Å²) in [5.41, 5.74) is 1.01. The van der Waals surface area contributed by atoms with Crippen molar-refractivity contribution in [3.63, 3.8) is 0 Å². The highest BCUT2D eigenvalue weighted by molar-refractivity contribution is 7.13. The van der Waals surface area contributed by atoms with Gasteiger partial charge in [-0.3, -0.25) is 0 Å². The Morgan fingerprint density at radius 2 is 2.39 bits per heavy atom. The molecule has 0 saturated heterocycles. The molecule has 94 valence electrons. The van der Waals surface area contributed by atoms with E-state index in [1.54, 1.807) is 19.4 Å². The maximum atomic E-state index is 10.7. The molecule has 0 aliphatic heterocycles. The SMILES string of the molecule is COc1ccc(CNc2nc(C(=O)O)cs2)cn1. The lowest BCUT2D eigenvalue weighted by atomic mass is 10.3. The normalized spacial score (nSPS) is 10.1. The Kier molecular flexibility index (Phi) is 3.73. The Bertz CT molecular complexity index is 539. The zero-order chi connectivity index (χ0) is 13.0. The summed E-state index contributed by atoms with van der Waals surface area (Å²) in [4.78, 5) is 18.6. The molecular formula is C11H11N3O3S. The largest absolute Gasteiger partial charge is 0.481 e. The summed E-state index contributed by atoms with van der Waals surface area (Å²) in [5.74, 6) is -0.466. The van der Waals surface area contributed by atoms with Crippen molar-refractivity contribution in [1.82, 2.24) is 9.97 Å². The van der Waals surface area contributed by atoms with E-state index in [-0.39, 0.29) is 5.69 Å². The van der Waals surface area contributed by atoms with Crippen LogP contribution in [0.2, 0.25) is 0 Å². The first-order valence-electron chi connectivity index (χ1n) is 5.10. The average molecular weight is 265 g/mol. The summed E-state index contributed by atoms with van der Waals surface area (Å²) in [5, 5.41) is 13.8. The molecule has 0 aliphatic carbocycles. The second kappa shape index (κ2) is 5.46. The van der Waals surface area contributed by atoms with Crippen LogP contribution in [0.15, 0.2) is 23.7 Å². The van der Waals surface area contributed by atoms with Gasteiger partial charge in [-0.05, 0) is 5.56 Å². The van der Waals surface area contributed by atoms with E-state index in [2.05, 4.69) is 15.3 Å². The van der Waals surface area contributed by atoms with Crippen LogP contribution in [0.5, 0.6) is 5.88 Å². The van der Waals surface area contributed by atoms with Gasteiger partial charge in [0.1, 0.15) is 0 Å². The molecule has 6 nitrogen and oxygen atoms in total. The van der Waals surface area contributed by atoms with Crippen LogP contribution in [0.4, 0.5) is 5.13 Å². The molecule has 0 aliphatic rings. The van der Waals surface area contributed by atoms with E-state index >= 15 is 0 Å². The number of pyridine rings is 1. The Hall–Kier alpha value is -2.15. The highest BCUT2D eigenvalue weighted by Gasteiger charge is 2.08. The Labute approximate surface area is 107 Å². The van der Waals surface area contributed by atoms with Gasteiger partial charge in [-0.15, -0.1) is 11.3 Å². The number of carboxylic acids is 1. The number of ether oxygens (including phenoxy) is 1. The standard InChI is InChI=1S/C11H11N3O3S/c1-17-9-3-2-7(4-12-9)5-13-11-14-8(6-18-11)10(15)16/h2-4,6H,5H2,1H3,(H,13,14)(H,15,16). The lowest BCUT2D eigenvalue weighted by Gasteiger charge is -2.03. The van der Waals surface area contributed by atoms with E-state index in [1.165, 1.54) is 16.7 Å². The number of aromatic nitrogens is 2. The van der Waals surface area contributed by atoms with Gasteiger partial charge < -0.3 is 15.2 Å². The van der Waals surface area contributed by atoms with Gasteiger partial charge in [0.15, 0.2) is 10.8 Å². The summed E-state index contributed by atoms with van der Waals surface area (Å²) in [6.45, 7) is 0.531. The third-order valence-electron chi connectivity index (χ3n) is 2.17. The first-order valence-corrected chi connectivity index (χ1v) is 5.98. The quantitative estimate of drug-likeness (QED) is 0.858. The summed E-state index contributed by atoms with van der Waals surface area (Å²) in [6.07, 6.45) is 1.69. The molecule has 0 aromatic carbocycles. The molecule has 2 aromatic rings. The molecule has 2 aromatic heterocycles. The number of hydrogen-bond donors (Lipinski definition) is 2. The van der Waals surface area contributed by atoms with Crippen molar-refractivity contribution in [2.45, 2.75) is 6.54 Å². The zero-order valence-corrected chi connectivity index (χ0v) is 10.4. The number of hydrogen-bond acceptors (Lipinski definition) is 6. The summed E-state index contributed by atoms with van der Waals surface area (Å²) < 4.78 is 4.95. The van der Waals surface area contributed by atoms with Gasteiger partial charge in [0.05, 0.1) is 7.11 Å². The number of aromatic carboxylic acids is 1. The lowest BCUT2D eigenvalue weighted by molar-refractivity contribution is 0.0691. The Balaban J connectivity index is 1.95. The lowest BCUT2D eigenvalue weighted by Crippen LogP contribution is -2.01. The second-order valence-corrected chi connectivity index (χ2v) is 4.26. The molecule has 0 atom stereocenters. The van der Waals surface area contributed by atoms with Gasteiger partial charge in [-0.25, -0.2) is 14.8 Å². The van der Waals surface area contributed by atoms with E-state index in [0.717, 1.165) is 5.56 Å². The molecule has 0 unspecified atom stereocenters. The van der Waals surface area contributed by atoms with Gasteiger partial charge in [-0.2, -0.15) is 0 Å². The van der Waals surface area contributed by atoms with Crippen molar-refractivity contribution in [2.75, 3.05) is 12.4 Å². The van der Waals surface area contributed by atoms with Gasteiger partial charge in [-0.1, -0.05) is 6.07 Å². The molecule has 2 rings (SSSR count). The maximum absolute atomic E-state index is 10.7. The monoisotopic (exact) mass is 265 g/mol. The molecule has 7 heteroatoms. The van der Waals surface area contributed by atoms with Crippen molar-refractivity contribution >= 4 is 22.4 Å². The third kappa shape index (κ3) is 2.95.